The summed E-state index contributed by atoms with van der Waals surface area (Å²) in [6.07, 6.45) is 0. The predicted octanol–water partition coefficient (Wildman–Crippen LogP) is 2.18. The summed E-state index contributed by atoms with van der Waals surface area (Å²) in [4.78, 5) is 40.3. The number of fused-ring (bicyclic) bond motifs is 1. The van der Waals surface area contributed by atoms with Crippen molar-refractivity contribution in [1.29, 1.82) is 0 Å². The molecule has 0 aliphatic carbocycles. The minimum atomic E-state index is -1.26. The molecule has 3 rings (SSSR count). The third kappa shape index (κ3) is 4.59. The van der Waals surface area contributed by atoms with Crippen LogP contribution in [0.2, 0.25) is 0 Å². The molecule has 1 aliphatic rings. The first-order chi connectivity index (χ1) is 14.8. The van der Waals surface area contributed by atoms with E-state index in [1.807, 2.05) is 24.3 Å². The van der Waals surface area contributed by atoms with Gasteiger partial charge in [0.05, 0.1) is 19.8 Å². The maximum absolute atomic E-state index is 13.5. The number of esters is 1. The Morgan fingerprint density at radius 1 is 1.29 bits per heavy atom. The Kier molecular flexibility index (Phi) is 7.31. The molecule has 1 atom stereocenters. The highest BCUT2D eigenvalue weighted by molar-refractivity contribution is 14.1. The number of carbonyl (C=O) groups excluding carboxylic acids is 3. The number of aromatic nitrogens is 2. The molecule has 1 unspecified atom stereocenters. The second kappa shape index (κ2) is 9.77. The zero-order chi connectivity index (χ0) is 22.6. The molecule has 0 bridgehead atoms. The molecular weight excluding hydrogens is 515 g/mol. The van der Waals surface area contributed by atoms with Crippen LogP contribution in [0.5, 0.6) is 0 Å². The third-order valence-corrected chi connectivity index (χ3v) is 5.95. The van der Waals surface area contributed by atoms with E-state index in [0.717, 1.165) is 9.99 Å². The van der Waals surface area contributed by atoms with E-state index in [4.69, 9.17) is 9.47 Å². The molecule has 2 amide bonds. The highest BCUT2D eigenvalue weighted by Gasteiger charge is 2.49. The van der Waals surface area contributed by atoms with Gasteiger partial charge in [-0.1, -0.05) is 34.7 Å². The van der Waals surface area contributed by atoms with Gasteiger partial charge in [-0.15, -0.1) is 0 Å². The van der Waals surface area contributed by atoms with Crippen LogP contribution in [0.15, 0.2) is 30.3 Å². The highest BCUT2D eigenvalue weighted by atomic mass is 127. The molecule has 31 heavy (non-hydrogen) atoms. The Labute approximate surface area is 194 Å². The first-order valence-corrected chi connectivity index (χ1v) is 11.4. The van der Waals surface area contributed by atoms with Crippen LogP contribution >= 0.6 is 22.6 Å². The highest BCUT2D eigenvalue weighted by Crippen LogP contribution is 2.33. The Balaban J connectivity index is 2.04. The van der Waals surface area contributed by atoms with E-state index in [0.29, 0.717) is 18.8 Å². The molecule has 0 saturated heterocycles. The fourth-order valence-electron chi connectivity index (χ4n) is 3.48. The van der Waals surface area contributed by atoms with Crippen molar-refractivity contribution in [3.63, 3.8) is 0 Å². The number of halogens is 1. The van der Waals surface area contributed by atoms with Gasteiger partial charge in [-0.25, -0.2) is 4.79 Å². The maximum atomic E-state index is 13.5. The van der Waals surface area contributed by atoms with Gasteiger partial charge in [0.2, 0.25) is 5.91 Å². The molecule has 0 saturated carbocycles. The third-order valence-electron chi connectivity index (χ3n) is 5.07. The Morgan fingerprint density at radius 2 is 2.00 bits per heavy atom. The average Bonchev–Trinajstić information content (AvgIpc) is 3.18. The normalized spacial score (nSPS) is 17.9. The van der Waals surface area contributed by atoms with Gasteiger partial charge in [0.15, 0.2) is 5.69 Å². The average molecular weight is 540 g/mol. The van der Waals surface area contributed by atoms with Crippen LogP contribution < -0.4 is 10.2 Å². The topological polar surface area (TPSA) is 103 Å². The van der Waals surface area contributed by atoms with Crippen LogP contribution in [0.3, 0.4) is 0 Å². The first-order valence-electron chi connectivity index (χ1n) is 9.87. The largest absolute Gasteiger partial charge is 0.461 e. The standard InChI is InChI=1S/C21H25IN4O5/c1-4-31-19(28)16-11-17-18(27)26(15-7-5-14(12-22)6-8-15)21(2,13-25(17)24-16)20(29)23-9-10-30-3/h5-8,11H,4,9-10,12-13H2,1-3H3,(H,23,29). The molecule has 2 heterocycles. The van der Waals surface area contributed by atoms with E-state index >= 15 is 0 Å². The van der Waals surface area contributed by atoms with E-state index in [2.05, 4.69) is 33.0 Å². The smallest absolute Gasteiger partial charge is 0.358 e. The minimum absolute atomic E-state index is 0.0365. The molecule has 9 nitrogen and oxygen atoms in total. The summed E-state index contributed by atoms with van der Waals surface area (Å²) in [6, 6.07) is 8.91. The number of rotatable bonds is 8. The van der Waals surface area contributed by atoms with E-state index < -0.39 is 17.4 Å². The molecule has 0 spiro atoms. The lowest BCUT2D eigenvalue weighted by Gasteiger charge is -2.43. The number of nitrogens with zero attached hydrogens (tertiary/aromatic N) is 3. The van der Waals surface area contributed by atoms with E-state index in [-0.39, 0.29) is 30.4 Å². The zero-order valence-electron chi connectivity index (χ0n) is 17.7. The van der Waals surface area contributed by atoms with Gasteiger partial charge >= 0.3 is 5.97 Å². The number of hydrogen-bond donors (Lipinski definition) is 1. The van der Waals surface area contributed by atoms with Gasteiger partial charge in [-0.3, -0.25) is 19.2 Å². The minimum Gasteiger partial charge on any atom is -0.461 e. The van der Waals surface area contributed by atoms with Gasteiger partial charge in [-0.05, 0) is 31.5 Å². The number of alkyl halides is 1. The van der Waals surface area contributed by atoms with E-state index in [1.54, 1.807) is 21.0 Å². The molecule has 166 valence electrons. The Morgan fingerprint density at radius 3 is 2.61 bits per heavy atom. The quantitative estimate of drug-likeness (QED) is 0.239. The summed E-state index contributed by atoms with van der Waals surface area (Å²) < 4.78 is 12.3. The molecule has 1 N–H and O–H groups in total. The van der Waals surface area contributed by atoms with E-state index in [1.165, 1.54) is 15.6 Å². The van der Waals surface area contributed by atoms with Crippen molar-refractivity contribution in [1.82, 2.24) is 15.1 Å². The van der Waals surface area contributed by atoms with Gasteiger partial charge < -0.3 is 14.8 Å². The second-order valence-electron chi connectivity index (χ2n) is 7.26. The number of hydrogen-bond acceptors (Lipinski definition) is 6. The van der Waals surface area contributed by atoms with Crippen molar-refractivity contribution >= 4 is 46.1 Å². The number of methoxy groups -OCH3 is 1. The molecule has 1 aliphatic heterocycles. The molecule has 0 radical (unpaired) electrons. The Hall–Kier alpha value is -2.47. The maximum Gasteiger partial charge on any atom is 0.358 e. The summed E-state index contributed by atoms with van der Waals surface area (Å²) in [5.74, 6) is -1.36. The van der Waals surface area contributed by atoms with Crippen molar-refractivity contribution in [2.75, 3.05) is 31.8 Å². The van der Waals surface area contributed by atoms with Crippen LogP contribution in [-0.4, -0.2) is 60.0 Å². The number of nitrogens with one attached hydrogen (secondary N) is 1. The van der Waals surface area contributed by atoms with Crippen LogP contribution in [0.4, 0.5) is 5.69 Å². The number of anilines is 1. The predicted molar refractivity (Wildman–Crippen MR) is 122 cm³/mol. The van der Waals surface area contributed by atoms with Crippen molar-refractivity contribution in [2.24, 2.45) is 0 Å². The van der Waals surface area contributed by atoms with Gasteiger partial charge in [0.25, 0.3) is 5.91 Å². The lowest BCUT2D eigenvalue weighted by Crippen LogP contribution is -2.64. The zero-order valence-corrected chi connectivity index (χ0v) is 19.8. The number of amides is 2. The second-order valence-corrected chi connectivity index (χ2v) is 8.02. The lowest BCUT2D eigenvalue weighted by atomic mass is 9.94. The monoisotopic (exact) mass is 540 g/mol. The first kappa shape index (κ1) is 23.2. The number of benzene rings is 1. The Bertz CT molecular complexity index is 975. The van der Waals surface area contributed by atoms with Crippen molar-refractivity contribution in [3.05, 3.63) is 47.3 Å². The van der Waals surface area contributed by atoms with Crippen molar-refractivity contribution in [3.8, 4) is 0 Å². The molecular formula is C21H25IN4O5. The summed E-state index contributed by atoms with van der Waals surface area (Å²) in [7, 11) is 1.55. The van der Waals surface area contributed by atoms with Crippen molar-refractivity contribution < 1.29 is 23.9 Å². The van der Waals surface area contributed by atoms with Crippen LogP contribution in [-0.2, 0) is 25.2 Å². The van der Waals surface area contributed by atoms with Gasteiger partial charge in [0, 0.05) is 29.8 Å². The molecule has 0 fully saturated rings. The number of carbonyl (C=O) groups is 3. The van der Waals surface area contributed by atoms with Gasteiger partial charge in [-0.2, -0.15) is 5.10 Å². The molecule has 1 aromatic heterocycles. The summed E-state index contributed by atoms with van der Waals surface area (Å²) >= 11 is 2.26. The van der Waals surface area contributed by atoms with Crippen LogP contribution in [0, 0.1) is 0 Å². The SMILES string of the molecule is CCOC(=O)c1cc2n(n1)CC(C)(C(=O)NCCOC)N(c1ccc(CI)cc1)C2=O. The van der Waals surface area contributed by atoms with E-state index in [9.17, 15) is 14.4 Å². The summed E-state index contributed by atoms with van der Waals surface area (Å²) in [5.41, 5.74) is 0.696. The fraction of sp³-hybridized carbons (Fsp3) is 0.429. The summed E-state index contributed by atoms with van der Waals surface area (Å²) in [6.45, 7) is 4.32. The molecule has 10 heteroatoms. The van der Waals surface area contributed by atoms with Crippen LogP contribution in [0.25, 0.3) is 0 Å². The lowest BCUT2D eigenvalue weighted by molar-refractivity contribution is -0.126. The van der Waals surface area contributed by atoms with Crippen molar-refractivity contribution in [2.45, 2.75) is 30.4 Å². The fourth-order valence-corrected chi connectivity index (χ4v) is 3.99. The molecule has 1 aromatic carbocycles. The number of ether oxygens (including phenoxy) is 2. The summed E-state index contributed by atoms with van der Waals surface area (Å²) in [5, 5.41) is 7.06. The molecule has 2 aromatic rings. The van der Waals surface area contributed by atoms with Crippen LogP contribution in [0.1, 0.15) is 40.4 Å². The van der Waals surface area contributed by atoms with Gasteiger partial charge in [0.1, 0.15) is 11.2 Å².